The highest BCUT2D eigenvalue weighted by atomic mass is 16.5. The Morgan fingerprint density at radius 2 is 1.76 bits per heavy atom. The SMILES string of the molecule is COc1cc(C(=O)N2C3CCCC2CC3)ccc1-c1cc2nccc(-c3ccc(OC4CCOCC4)c(C#N)c3)c2o1. The molecule has 0 N–H and O–H groups in total. The van der Waals surface area contributed by atoms with Gasteiger partial charge in [-0.2, -0.15) is 5.26 Å². The molecule has 3 aliphatic heterocycles. The maximum Gasteiger partial charge on any atom is 0.254 e. The minimum Gasteiger partial charge on any atom is -0.496 e. The van der Waals surface area contributed by atoms with E-state index < -0.39 is 0 Å². The summed E-state index contributed by atoms with van der Waals surface area (Å²) in [6.07, 6.45) is 8.99. The lowest BCUT2D eigenvalue weighted by Gasteiger charge is -2.35. The number of aromatic nitrogens is 1. The van der Waals surface area contributed by atoms with Crippen LogP contribution in [-0.2, 0) is 4.74 Å². The van der Waals surface area contributed by atoms with Crippen LogP contribution in [0.1, 0.15) is 60.9 Å². The number of piperidine rings is 1. The van der Waals surface area contributed by atoms with Crippen LogP contribution in [0.4, 0.5) is 0 Å². The lowest BCUT2D eigenvalue weighted by atomic mass is 10.0. The van der Waals surface area contributed by atoms with Crippen molar-refractivity contribution in [2.45, 2.75) is 63.1 Å². The van der Waals surface area contributed by atoms with Gasteiger partial charge in [-0.05, 0) is 74.1 Å². The number of fused-ring (bicyclic) bond motifs is 3. The number of amides is 1. The first-order chi connectivity index (χ1) is 20.6. The minimum absolute atomic E-state index is 0.0450. The van der Waals surface area contributed by atoms with E-state index in [9.17, 15) is 10.1 Å². The Labute approximate surface area is 244 Å². The minimum atomic E-state index is 0.0450. The van der Waals surface area contributed by atoms with Crippen molar-refractivity contribution >= 4 is 17.0 Å². The number of ether oxygens (including phenoxy) is 3. The van der Waals surface area contributed by atoms with Crippen LogP contribution in [0, 0.1) is 11.3 Å². The number of pyridine rings is 1. The summed E-state index contributed by atoms with van der Waals surface area (Å²) in [5.74, 6) is 1.83. The lowest BCUT2D eigenvalue weighted by Crippen LogP contribution is -2.43. The molecule has 8 nitrogen and oxygen atoms in total. The molecule has 2 aromatic carbocycles. The van der Waals surface area contributed by atoms with Crippen LogP contribution in [0.5, 0.6) is 11.5 Å². The quantitative estimate of drug-likeness (QED) is 0.256. The Morgan fingerprint density at radius 3 is 2.52 bits per heavy atom. The summed E-state index contributed by atoms with van der Waals surface area (Å²) in [7, 11) is 1.61. The zero-order valence-corrected chi connectivity index (χ0v) is 23.7. The second-order valence-electron chi connectivity index (χ2n) is 11.4. The fourth-order valence-electron chi connectivity index (χ4n) is 6.78. The van der Waals surface area contributed by atoms with Crippen molar-refractivity contribution in [3.63, 3.8) is 0 Å². The molecule has 3 fully saturated rings. The van der Waals surface area contributed by atoms with E-state index in [1.165, 1.54) is 6.42 Å². The summed E-state index contributed by atoms with van der Waals surface area (Å²) in [5.41, 5.74) is 4.82. The number of nitrogens with zero attached hydrogens (tertiary/aromatic N) is 3. The summed E-state index contributed by atoms with van der Waals surface area (Å²) < 4.78 is 23.7. The van der Waals surface area contributed by atoms with Crippen LogP contribution in [0.25, 0.3) is 33.6 Å². The molecule has 214 valence electrons. The molecule has 5 heterocycles. The maximum absolute atomic E-state index is 13.5. The predicted octanol–water partition coefficient (Wildman–Crippen LogP) is 6.76. The van der Waals surface area contributed by atoms with E-state index >= 15 is 0 Å². The number of carbonyl (C=O) groups excluding carboxylic acids is 1. The number of hydrogen-bond donors (Lipinski definition) is 0. The molecule has 2 unspecified atom stereocenters. The molecule has 3 saturated heterocycles. The first-order valence-corrected chi connectivity index (χ1v) is 14.8. The third-order valence-corrected chi connectivity index (χ3v) is 8.93. The number of nitriles is 1. The van der Waals surface area contributed by atoms with E-state index in [-0.39, 0.29) is 12.0 Å². The zero-order chi connectivity index (χ0) is 28.6. The zero-order valence-electron chi connectivity index (χ0n) is 23.7. The van der Waals surface area contributed by atoms with E-state index in [0.717, 1.165) is 55.2 Å². The highest BCUT2D eigenvalue weighted by Crippen LogP contribution is 2.40. The number of methoxy groups -OCH3 is 1. The molecule has 0 saturated carbocycles. The number of rotatable bonds is 6. The monoisotopic (exact) mass is 563 g/mol. The van der Waals surface area contributed by atoms with Crippen molar-refractivity contribution in [2.24, 2.45) is 0 Å². The lowest BCUT2D eigenvalue weighted by molar-refractivity contribution is 0.0254. The van der Waals surface area contributed by atoms with Gasteiger partial charge >= 0.3 is 0 Å². The van der Waals surface area contributed by atoms with E-state index in [2.05, 4.69) is 16.0 Å². The highest BCUT2D eigenvalue weighted by Gasteiger charge is 2.39. The summed E-state index contributed by atoms with van der Waals surface area (Å²) in [4.78, 5) is 20.1. The third-order valence-electron chi connectivity index (χ3n) is 8.93. The van der Waals surface area contributed by atoms with Gasteiger partial charge in [-0.15, -0.1) is 0 Å². The first-order valence-electron chi connectivity index (χ1n) is 14.8. The molecule has 4 aromatic rings. The first kappa shape index (κ1) is 26.5. The Kier molecular flexibility index (Phi) is 7.04. The molecule has 3 aliphatic rings. The van der Waals surface area contributed by atoms with Crippen LogP contribution < -0.4 is 9.47 Å². The van der Waals surface area contributed by atoms with Gasteiger partial charge in [-0.25, -0.2) is 0 Å². The normalized spacial score (nSPS) is 20.4. The summed E-state index contributed by atoms with van der Waals surface area (Å²) in [6.45, 7) is 1.34. The Balaban J connectivity index is 1.19. The van der Waals surface area contributed by atoms with Gasteiger partial charge in [0.2, 0.25) is 0 Å². The van der Waals surface area contributed by atoms with Crippen molar-refractivity contribution in [1.29, 1.82) is 5.26 Å². The molecule has 2 bridgehead atoms. The Morgan fingerprint density at radius 1 is 0.952 bits per heavy atom. The van der Waals surface area contributed by atoms with Gasteiger partial charge < -0.3 is 23.5 Å². The summed E-state index contributed by atoms with van der Waals surface area (Å²) in [6, 6.07) is 18.0. The molecule has 0 spiro atoms. The number of furan rings is 1. The highest BCUT2D eigenvalue weighted by molar-refractivity contribution is 5.97. The van der Waals surface area contributed by atoms with Gasteiger partial charge in [-0.1, -0.05) is 6.07 Å². The Bertz CT molecular complexity index is 1670. The molecule has 0 aliphatic carbocycles. The number of benzene rings is 2. The van der Waals surface area contributed by atoms with Crippen LogP contribution >= 0.6 is 0 Å². The van der Waals surface area contributed by atoms with Crippen LogP contribution in [0.15, 0.2) is 59.1 Å². The standard InChI is InChI=1S/C34H33N3O5/c1-39-31-18-22(34(38)37-24-3-2-4-25(37)8-7-24)5-9-28(31)32-19-29-33(42-32)27(11-14-36-29)21-6-10-30(23(17-21)20-35)41-26-12-15-40-16-13-26/h5-6,9-11,14,17-19,24-26H,2-4,7-8,12-13,15-16H2,1H3. The fourth-order valence-corrected chi connectivity index (χ4v) is 6.78. The average Bonchev–Trinajstić information content (AvgIpc) is 3.58. The van der Waals surface area contributed by atoms with Gasteiger partial charge in [0.15, 0.2) is 5.58 Å². The molecule has 0 radical (unpaired) electrons. The number of carbonyl (C=O) groups is 1. The smallest absolute Gasteiger partial charge is 0.254 e. The van der Waals surface area contributed by atoms with Crippen molar-refractivity contribution in [3.8, 4) is 40.0 Å². The molecule has 2 aromatic heterocycles. The molecule has 8 heteroatoms. The van der Waals surface area contributed by atoms with Gasteiger partial charge in [0, 0.05) is 48.3 Å². The average molecular weight is 564 g/mol. The molecular weight excluding hydrogens is 530 g/mol. The molecular formula is C34H33N3O5. The van der Waals surface area contributed by atoms with Gasteiger partial charge in [-0.3, -0.25) is 9.78 Å². The topological polar surface area (TPSA) is 97.8 Å². The van der Waals surface area contributed by atoms with Crippen LogP contribution in [0.3, 0.4) is 0 Å². The summed E-state index contributed by atoms with van der Waals surface area (Å²) >= 11 is 0. The number of hydrogen-bond acceptors (Lipinski definition) is 7. The van der Waals surface area contributed by atoms with Crippen molar-refractivity contribution in [1.82, 2.24) is 9.88 Å². The van der Waals surface area contributed by atoms with Gasteiger partial charge in [0.1, 0.15) is 34.9 Å². The van der Waals surface area contributed by atoms with E-state index in [1.54, 1.807) is 13.3 Å². The fraction of sp³-hybridized carbons (Fsp3) is 0.382. The Hall–Kier alpha value is -4.35. The van der Waals surface area contributed by atoms with Crippen LogP contribution in [0.2, 0.25) is 0 Å². The second kappa shape index (κ2) is 11.1. The van der Waals surface area contributed by atoms with E-state index in [1.807, 2.05) is 48.5 Å². The predicted molar refractivity (Wildman–Crippen MR) is 157 cm³/mol. The van der Waals surface area contributed by atoms with Crippen molar-refractivity contribution in [2.75, 3.05) is 20.3 Å². The molecule has 42 heavy (non-hydrogen) atoms. The van der Waals surface area contributed by atoms with E-state index in [4.69, 9.17) is 18.6 Å². The molecule has 2 atom stereocenters. The van der Waals surface area contributed by atoms with Crippen LogP contribution in [-0.4, -0.2) is 54.3 Å². The second-order valence-corrected chi connectivity index (χ2v) is 11.4. The summed E-state index contributed by atoms with van der Waals surface area (Å²) in [5, 5.41) is 9.89. The molecule has 7 rings (SSSR count). The van der Waals surface area contributed by atoms with Crippen molar-refractivity contribution < 1.29 is 23.4 Å². The van der Waals surface area contributed by atoms with Crippen molar-refractivity contribution in [3.05, 3.63) is 65.9 Å². The molecule has 1 amide bonds. The van der Waals surface area contributed by atoms with Gasteiger partial charge in [0.05, 0.1) is 31.5 Å². The largest absolute Gasteiger partial charge is 0.496 e. The van der Waals surface area contributed by atoms with Gasteiger partial charge in [0.25, 0.3) is 5.91 Å². The van der Waals surface area contributed by atoms with E-state index in [0.29, 0.717) is 64.8 Å². The third kappa shape index (κ3) is 4.78. The maximum atomic E-state index is 13.5.